The number of nitrogens with zero attached hydrogens (tertiary/aromatic N) is 1. The van der Waals surface area contributed by atoms with E-state index < -0.39 is 5.97 Å². The topological polar surface area (TPSA) is 87.0 Å². The van der Waals surface area contributed by atoms with Gasteiger partial charge in [-0.3, -0.25) is 14.6 Å². The highest BCUT2D eigenvalue weighted by molar-refractivity contribution is 6.22. The maximum atomic E-state index is 11.9. The number of aliphatic imine (C=N–C) groups is 1. The fourth-order valence-corrected chi connectivity index (χ4v) is 1.96. The highest BCUT2D eigenvalue weighted by Gasteiger charge is 2.33. The molecule has 0 radical (unpaired) electrons. The van der Waals surface area contributed by atoms with Gasteiger partial charge in [0.15, 0.2) is 5.78 Å². The fourth-order valence-electron chi connectivity index (χ4n) is 1.96. The average molecular weight is 239 g/mol. The first-order valence-electron chi connectivity index (χ1n) is 5.41. The van der Waals surface area contributed by atoms with Crippen molar-refractivity contribution in [3.63, 3.8) is 0 Å². The normalized spacial score (nSPS) is 20.6. The molecule has 1 rings (SSSR count). The summed E-state index contributed by atoms with van der Waals surface area (Å²) in [6.45, 7) is 4.97. The molecule has 0 spiro atoms. The molecule has 17 heavy (non-hydrogen) atoms. The van der Waals surface area contributed by atoms with Gasteiger partial charge in [0, 0.05) is 18.6 Å². The maximum absolute atomic E-state index is 11.9. The van der Waals surface area contributed by atoms with E-state index in [1.54, 1.807) is 6.92 Å². The molecule has 0 amide bonds. The third kappa shape index (κ3) is 3.41. The Morgan fingerprint density at radius 2 is 2.00 bits per heavy atom. The molecular formula is C12H17NO4. The molecule has 0 bridgehead atoms. The van der Waals surface area contributed by atoms with Crippen LogP contribution in [0.3, 0.4) is 0 Å². The molecule has 0 aromatic rings. The minimum atomic E-state index is -1.06. The Hall–Kier alpha value is -1.65. The monoisotopic (exact) mass is 239 g/mol. The van der Waals surface area contributed by atoms with Gasteiger partial charge < -0.3 is 10.2 Å². The van der Waals surface area contributed by atoms with Gasteiger partial charge in [-0.05, 0) is 12.3 Å². The summed E-state index contributed by atoms with van der Waals surface area (Å²) in [6, 6.07) is 0. The van der Waals surface area contributed by atoms with Crippen molar-refractivity contribution in [1.82, 2.24) is 0 Å². The van der Waals surface area contributed by atoms with E-state index in [1.807, 2.05) is 13.8 Å². The van der Waals surface area contributed by atoms with E-state index in [2.05, 4.69) is 4.99 Å². The number of carbonyl (C=O) groups excluding carboxylic acids is 1. The molecule has 0 aromatic carbocycles. The Labute approximate surface area is 99.9 Å². The lowest BCUT2D eigenvalue weighted by atomic mass is 9.76. The standard InChI is InChI=1S/C12H17NO4/c1-7(13-6-10(16)17)11-8(14)4-12(2,3)5-9(11)15/h14H,4-6H2,1-3H3,(H,16,17). The summed E-state index contributed by atoms with van der Waals surface area (Å²) in [7, 11) is 0. The minimum absolute atomic E-state index is 0.0119. The highest BCUT2D eigenvalue weighted by atomic mass is 16.4. The Morgan fingerprint density at radius 1 is 1.41 bits per heavy atom. The number of Topliss-reactive ketones (excluding diaryl/α,β-unsaturated/α-hetero) is 1. The molecule has 5 heteroatoms. The molecule has 1 aliphatic carbocycles. The molecule has 0 saturated heterocycles. The number of allylic oxidation sites excluding steroid dienone is 2. The van der Waals surface area contributed by atoms with Gasteiger partial charge in [-0.15, -0.1) is 0 Å². The fraction of sp³-hybridized carbons (Fsp3) is 0.583. The zero-order valence-electron chi connectivity index (χ0n) is 10.3. The number of carbonyl (C=O) groups is 2. The second-order valence-electron chi connectivity index (χ2n) is 5.06. The van der Waals surface area contributed by atoms with Crippen molar-refractivity contribution in [1.29, 1.82) is 0 Å². The van der Waals surface area contributed by atoms with Crippen molar-refractivity contribution in [2.75, 3.05) is 6.54 Å². The van der Waals surface area contributed by atoms with E-state index in [0.717, 1.165) is 0 Å². The third-order valence-corrected chi connectivity index (χ3v) is 2.67. The Morgan fingerprint density at radius 3 is 2.47 bits per heavy atom. The van der Waals surface area contributed by atoms with Gasteiger partial charge in [-0.1, -0.05) is 13.8 Å². The summed E-state index contributed by atoms with van der Waals surface area (Å²) in [5.41, 5.74) is 0.230. The Bertz CT molecular complexity index is 418. The number of rotatable bonds is 3. The van der Waals surface area contributed by atoms with E-state index in [9.17, 15) is 14.7 Å². The lowest BCUT2D eigenvalue weighted by Crippen LogP contribution is -2.28. The minimum Gasteiger partial charge on any atom is -0.511 e. The number of aliphatic hydroxyl groups excluding tert-OH is 1. The van der Waals surface area contributed by atoms with Crippen molar-refractivity contribution >= 4 is 17.5 Å². The van der Waals surface area contributed by atoms with Gasteiger partial charge in [0.1, 0.15) is 12.3 Å². The first-order valence-corrected chi connectivity index (χ1v) is 5.41. The largest absolute Gasteiger partial charge is 0.511 e. The molecule has 2 N–H and O–H groups in total. The van der Waals surface area contributed by atoms with Crippen molar-refractivity contribution in [2.24, 2.45) is 10.4 Å². The summed E-state index contributed by atoms with van der Waals surface area (Å²) in [4.78, 5) is 26.0. The number of aliphatic carboxylic acids is 1. The van der Waals surface area contributed by atoms with Crippen LogP contribution in [0, 0.1) is 5.41 Å². The summed E-state index contributed by atoms with van der Waals surface area (Å²) in [5, 5.41) is 18.3. The van der Waals surface area contributed by atoms with Crippen molar-refractivity contribution < 1.29 is 19.8 Å². The van der Waals surface area contributed by atoms with E-state index in [1.165, 1.54) is 0 Å². The molecule has 0 atom stereocenters. The van der Waals surface area contributed by atoms with Crippen molar-refractivity contribution in [2.45, 2.75) is 33.6 Å². The number of carboxylic acid groups (broad SMARTS) is 1. The van der Waals surface area contributed by atoms with E-state index in [4.69, 9.17) is 5.11 Å². The highest BCUT2D eigenvalue weighted by Crippen LogP contribution is 2.35. The van der Waals surface area contributed by atoms with Crippen LogP contribution in [-0.4, -0.2) is 34.2 Å². The number of carboxylic acids is 1. The van der Waals surface area contributed by atoms with Gasteiger partial charge in [0.2, 0.25) is 0 Å². The summed E-state index contributed by atoms with van der Waals surface area (Å²) < 4.78 is 0. The van der Waals surface area contributed by atoms with Crippen LogP contribution >= 0.6 is 0 Å². The van der Waals surface area contributed by atoms with Crippen molar-refractivity contribution in [3.05, 3.63) is 11.3 Å². The zero-order valence-corrected chi connectivity index (χ0v) is 10.3. The molecule has 1 aliphatic rings. The predicted octanol–water partition coefficient (Wildman–Crippen LogP) is 1.73. The van der Waals surface area contributed by atoms with Crippen LogP contribution in [-0.2, 0) is 9.59 Å². The molecule has 0 fully saturated rings. The lowest BCUT2D eigenvalue weighted by Gasteiger charge is -2.29. The summed E-state index contributed by atoms with van der Waals surface area (Å²) >= 11 is 0. The van der Waals surface area contributed by atoms with Crippen LogP contribution in [0.2, 0.25) is 0 Å². The lowest BCUT2D eigenvalue weighted by molar-refractivity contribution is -0.135. The molecule has 0 unspecified atom stereocenters. The van der Waals surface area contributed by atoms with Gasteiger partial charge >= 0.3 is 5.97 Å². The number of aliphatic hydroxyl groups is 1. The first-order chi connectivity index (χ1) is 7.73. The molecule has 5 nitrogen and oxygen atoms in total. The van der Waals surface area contributed by atoms with E-state index >= 15 is 0 Å². The second-order valence-corrected chi connectivity index (χ2v) is 5.06. The second kappa shape index (κ2) is 4.69. The Balaban J connectivity index is 3.00. The van der Waals surface area contributed by atoms with Gasteiger partial charge in [0.25, 0.3) is 0 Å². The summed E-state index contributed by atoms with van der Waals surface area (Å²) in [6.07, 6.45) is 0.750. The predicted molar refractivity (Wildman–Crippen MR) is 63.3 cm³/mol. The van der Waals surface area contributed by atoms with Crippen LogP contribution in [0.4, 0.5) is 0 Å². The van der Waals surface area contributed by atoms with Crippen LogP contribution in [0.1, 0.15) is 33.6 Å². The molecule has 0 saturated carbocycles. The average Bonchev–Trinajstić information content (AvgIpc) is 2.11. The smallest absolute Gasteiger partial charge is 0.325 e. The van der Waals surface area contributed by atoms with Crippen LogP contribution in [0.15, 0.2) is 16.3 Å². The third-order valence-electron chi connectivity index (χ3n) is 2.67. The van der Waals surface area contributed by atoms with Crippen molar-refractivity contribution in [3.8, 4) is 0 Å². The zero-order chi connectivity index (χ0) is 13.2. The molecular weight excluding hydrogens is 222 g/mol. The number of hydrogen-bond acceptors (Lipinski definition) is 4. The maximum Gasteiger partial charge on any atom is 0.325 e. The Kier molecular flexibility index (Phi) is 3.70. The molecule has 0 aromatic heterocycles. The van der Waals surface area contributed by atoms with E-state index in [-0.39, 0.29) is 29.1 Å². The van der Waals surface area contributed by atoms with E-state index in [0.29, 0.717) is 18.6 Å². The number of hydrogen-bond donors (Lipinski definition) is 2. The van der Waals surface area contributed by atoms with Crippen LogP contribution < -0.4 is 0 Å². The number of ketones is 1. The van der Waals surface area contributed by atoms with Crippen LogP contribution in [0.25, 0.3) is 0 Å². The molecule has 0 aliphatic heterocycles. The quantitative estimate of drug-likeness (QED) is 0.734. The van der Waals surface area contributed by atoms with Gasteiger partial charge in [-0.2, -0.15) is 0 Å². The molecule has 94 valence electrons. The SMILES string of the molecule is CC(=NCC(=O)O)C1=C(O)CC(C)(C)CC1=O. The van der Waals surface area contributed by atoms with Gasteiger partial charge in [-0.25, -0.2) is 0 Å². The molecule has 0 heterocycles. The van der Waals surface area contributed by atoms with Gasteiger partial charge in [0.05, 0.1) is 5.57 Å². The first kappa shape index (κ1) is 13.4. The van der Waals surface area contributed by atoms with Crippen LogP contribution in [0.5, 0.6) is 0 Å². The summed E-state index contributed by atoms with van der Waals surface area (Å²) in [5.74, 6) is -1.23.